The number of aryl methyl sites for hydroxylation is 1. The highest BCUT2D eigenvalue weighted by Crippen LogP contribution is 2.53. The van der Waals surface area contributed by atoms with Crippen LogP contribution in [0.25, 0.3) is 22.0 Å². The number of H-pyrrole nitrogens is 1. The fraction of sp³-hybridized carbons (Fsp3) is 0.409. The lowest BCUT2D eigenvalue weighted by Gasteiger charge is -2.36. The molecule has 0 radical (unpaired) electrons. The van der Waals surface area contributed by atoms with Gasteiger partial charge in [0.1, 0.15) is 5.52 Å². The van der Waals surface area contributed by atoms with Gasteiger partial charge in [-0.25, -0.2) is 8.93 Å². The van der Waals surface area contributed by atoms with E-state index in [0.29, 0.717) is 17.5 Å². The third-order valence-electron chi connectivity index (χ3n) is 6.60. The molecule has 3 N–H and O–H groups in total. The number of pyridine rings is 1. The standard InChI is InChI=1S/C22H26N4O3S/c1-25-13-18(16-5-9-23-20(16)21(25)27)17-11-15(12-24-30(28)29)3-4-19(17)26-10-2-6-22(14-26)7-8-22/h3-5,9,11,13,23-24H,2,6-8,10,12,14H2,1H3,(H,28,29). The average Bonchev–Trinajstić information content (AvgIpc) is 3.28. The van der Waals surface area contributed by atoms with Crippen LogP contribution < -0.4 is 15.2 Å². The summed E-state index contributed by atoms with van der Waals surface area (Å²) in [5.41, 5.74) is 5.16. The minimum Gasteiger partial charge on any atom is -0.370 e. The molecule has 1 unspecified atom stereocenters. The quantitative estimate of drug-likeness (QED) is 0.547. The van der Waals surface area contributed by atoms with E-state index in [1.165, 1.54) is 25.7 Å². The number of benzene rings is 1. The number of nitrogens with one attached hydrogen (secondary N) is 2. The molecule has 1 aliphatic carbocycles. The van der Waals surface area contributed by atoms with Crippen molar-refractivity contribution in [3.05, 3.63) is 52.6 Å². The summed E-state index contributed by atoms with van der Waals surface area (Å²) in [6.45, 7) is 2.39. The number of hydrogen-bond donors (Lipinski definition) is 3. The smallest absolute Gasteiger partial charge is 0.274 e. The van der Waals surface area contributed by atoms with Crippen molar-refractivity contribution in [2.24, 2.45) is 12.5 Å². The number of aromatic amines is 1. The van der Waals surface area contributed by atoms with Crippen LogP contribution >= 0.6 is 0 Å². The van der Waals surface area contributed by atoms with Gasteiger partial charge in [0, 0.05) is 61.3 Å². The highest BCUT2D eigenvalue weighted by atomic mass is 32.2. The van der Waals surface area contributed by atoms with Gasteiger partial charge in [0.05, 0.1) is 0 Å². The minimum absolute atomic E-state index is 0.0521. The fourth-order valence-corrected chi connectivity index (χ4v) is 5.10. The van der Waals surface area contributed by atoms with Gasteiger partial charge in [-0.2, -0.15) is 0 Å². The summed E-state index contributed by atoms with van der Waals surface area (Å²) in [4.78, 5) is 18.1. The first kappa shape index (κ1) is 19.5. The second-order valence-corrected chi connectivity index (χ2v) is 9.46. The maximum Gasteiger partial charge on any atom is 0.274 e. The maximum absolute atomic E-state index is 12.5. The van der Waals surface area contributed by atoms with Crippen LogP contribution in [-0.2, 0) is 24.9 Å². The van der Waals surface area contributed by atoms with E-state index in [9.17, 15) is 9.00 Å². The van der Waals surface area contributed by atoms with Crippen molar-refractivity contribution in [3.8, 4) is 11.1 Å². The number of aromatic nitrogens is 2. The molecule has 1 aromatic carbocycles. The molecule has 3 heterocycles. The maximum atomic E-state index is 12.5. The van der Waals surface area contributed by atoms with E-state index in [4.69, 9.17) is 4.55 Å². The van der Waals surface area contributed by atoms with Crippen LogP contribution in [0.3, 0.4) is 0 Å². The molecule has 2 fully saturated rings. The van der Waals surface area contributed by atoms with Crippen molar-refractivity contribution < 1.29 is 8.76 Å². The van der Waals surface area contributed by atoms with Crippen molar-refractivity contribution >= 4 is 27.9 Å². The van der Waals surface area contributed by atoms with Crippen molar-refractivity contribution in [1.29, 1.82) is 0 Å². The molecule has 1 aliphatic heterocycles. The Labute approximate surface area is 177 Å². The van der Waals surface area contributed by atoms with E-state index in [1.54, 1.807) is 17.8 Å². The SMILES string of the molecule is Cn1cc(-c2cc(CNS(=O)O)ccc2N2CCCC3(CC3)C2)c2cc[nH]c2c1=O. The minimum atomic E-state index is -2.06. The Bertz CT molecular complexity index is 1190. The number of fused-ring (bicyclic) bond motifs is 1. The Morgan fingerprint density at radius 3 is 2.83 bits per heavy atom. The summed E-state index contributed by atoms with van der Waals surface area (Å²) in [5, 5.41) is 0.897. The van der Waals surface area contributed by atoms with Gasteiger partial charge in [-0.05, 0) is 54.9 Å². The molecule has 7 nitrogen and oxygen atoms in total. The van der Waals surface area contributed by atoms with Crippen molar-refractivity contribution in [3.63, 3.8) is 0 Å². The molecule has 1 saturated carbocycles. The first-order valence-electron chi connectivity index (χ1n) is 10.4. The van der Waals surface area contributed by atoms with Crippen LogP contribution in [-0.4, -0.2) is 31.4 Å². The number of piperidine rings is 1. The number of rotatable bonds is 5. The average molecular weight is 427 g/mol. The van der Waals surface area contributed by atoms with E-state index in [2.05, 4.69) is 26.7 Å². The predicted molar refractivity (Wildman–Crippen MR) is 120 cm³/mol. The van der Waals surface area contributed by atoms with Crippen molar-refractivity contribution in [2.75, 3.05) is 18.0 Å². The van der Waals surface area contributed by atoms with Crippen LogP contribution in [0, 0.1) is 5.41 Å². The Kier molecular flexibility index (Phi) is 4.80. The van der Waals surface area contributed by atoms with Crippen molar-refractivity contribution in [1.82, 2.24) is 14.3 Å². The summed E-state index contributed by atoms with van der Waals surface area (Å²) in [6.07, 6.45) is 8.82. The molecule has 158 valence electrons. The summed E-state index contributed by atoms with van der Waals surface area (Å²) in [7, 11) is 1.77. The first-order valence-corrected chi connectivity index (χ1v) is 11.5. The fourth-order valence-electron chi connectivity index (χ4n) is 4.81. The Balaban J connectivity index is 1.65. The second kappa shape index (κ2) is 7.37. The number of anilines is 1. The molecule has 2 aliphatic rings. The largest absolute Gasteiger partial charge is 0.370 e. The first-order chi connectivity index (χ1) is 14.5. The molecule has 5 rings (SSSR count). The Morgan fingerprint density at radius 2 is 2.07 bits per heavy atom. The zero-order chi connectivity index (χ0) is 20.9. The molecular formula is C22H26N4O3S. The molecule has 0 amide bonds. The third kappa shape index (κ3) is 3.49. The third-order valence-corrected chi connectivity index (χ3v) is 7.00. The Hall–Kier alpha value is -2.42. The molecular weight excluding hydrogens is 400 g/mol. The van der Waals surface area contributed by atoms with Crippen LogP contribution in [0.1, 0.15) is 31.2 Å². The van der Waals surface area contributed by atoms with Gasteiger partial charge in [-0.3, -0.25) is 9.35 Å². The molecule has 1 spiro atoms. The summed E-state index contributed by atoms with van der Waals surface area (Å²) >= 11 is -2.06. The van der Waals surface area contributed by atoms with E-state index in [1.807, 2.05) is 18.3 Å². The number of hydrogen-bond acceptors (Lipinski definition) is 3. The molecule has 1 atom stereocenters. The van der Waals surface area contributed by atoms with Crippen LogP contribution in [0.4, 0.5) is 5.69 Å². The normalized spacial score (nSPS) is 18.8. The zero-order valence-corrected chi connectivity index (χ0v) is 17.8. The van der Waals surface area contributed by atoms with E-state index >= 15 is 0 Å². The lowest BCUT2D eigenvalue weighted by atomic mass is 9.92. The zero-order valence-electron chi connectivity index (χ0n) is 17.0. The topological polar surface area (TPSA) is 90.4 Å². The van der Waals surface area contributed by atoms with Gasteiger partial charge in [-0.1, -0.05) is 6.07 Å². The molecule has 8 heteroatoms. The lowest BCUT2D eigenvalue weighted by molar-refractivity contribution is 0.395. The summed E-state index contributed by atoms with van der Waals surface area (Å²) in [6, 6.07) is 8.17. The second-order valence-electron chi connectivity index (χ2n) is 8.67. The summed E-state index contributed by atoms with van der Waals surface area (Å²) < 4.78 is 24.4. The van der Waals surface area contributed by atoms with Crippen LogP contribution in [0.2, 0.25) is 0 Å². The van der Waals surface area contributed by atoms with Gasteiger partial charge in [0.25, 0.3) is 5.56 Å². The molecule has 3 aromatic rings. The van der Waals surface area contributed by atoms with Gasteiger partial charge in [0.2, 0.25) is 11.3 Å². The highest BCUT2D eigenvalue weighted by Gasteiger charge is 2.45. The number of nitrogens with zero attached hydrogens (tertiary/aromatic N) is 2. The Morgan fingerprint density at radius 1 is 1.23 bits per heavy atom. The summed E-state index contributed by atoms with van der Waals surface area (Å²) in [5.74, 6) is 0. The highest BCUT2D eigenvalue weighted by molar-refractivity contribution is 7.77. The van der Waals surface area contributed by atoms with Crippen LogP contribution in [0.15, 0.2) is 41.5 Å². The lowest BCUT2D eigenvalue weighted by Crippen LogP contribution is -2.36. The molecule has 2 aromatic heterocycles. The molecule has 30 heavy (non-hydrogen) atoms. The predicted octanol–water partition coefficient (Wildman–Crippen LogP) is 3.14. The van der Waals surface area contributed by atoms with E-state index in [0.717, 1.165) is 40.9 Å². The van der Waals surface area contributed by atoms with Crippen LogP contribution in [0.5, 0.6) is 0 Å². The van der Waals surface area contributed by atoms with Crippen molar-refractivity contribution in [2.45, 2.75) is 32.2 Å². The molecule has 0 bridgehead atoms. The van der Waals surface area contributed by atoms with Gasteiger partial charge in [0.15, 0.2) is 0 Å². The van der Waals surface area contributed by atoms with Gasteiger partial charge < -0.3 is 14.5 Å². The van der Waals surface area contributed by atoms with Gasteiger partial charge in [-0.15, -0.1) is 0 Å². The van der Waals surface area contributed by atoms with Gasteiger partial charge >= 0.3 is 0 Å². The van der Waals surface area contributed by atoms with E-state index in [-0.39, 0.29) is 5.56 Å². The molecule has 1 saturated heterocycles. The van der Waals surface area contributed by atoms with E-state index < -0.39 is 11.3 Å². The monoisotopic (exact) mass is 426 g/mol.